The Morgan fingerprint density at radius 2 is 0.510 bits per heavy atom. The van der Waals surface area contributed by atoms with E-state index in [0.29, 0.717) is 25.7 Å². The summed E-state index contributed by atoms with van der Waals surface area (Å²) in [6.45, 7) is 4.43. The molecule has 3 N–H and O–H groups in total. The van der Waals surface area contributed by atoms with Crippen molar-refractivity contribution in [3.05, 3.63) is 134 Å². The number of carbonyl (C=O) groups is 4. The second-order valence-corrected chi connectivity index (χ2v) is 28.8. The van der Waals surface area contributed by atoms with Gasteiger partial charge < -0.3 is 33.8 Å². The van der Waals surface area contributed by atoms with Crippen LogP contribution in [0.5, 0.6) is 0 Å². The molecular weight excluding hydrogens is 1330 g/mol. The van der Waals surface area contributed by atoms with E-state index in [4.69, 9.17) is 37.0 Å². The molecule has 0 aromatic carbocycles. The zero-order valence-electron chi connectivity index (χ0n) is 63.7. The van der Waals surface area contributed by atoms with E-state index in [9.17, 15) is 43.2 Å². The zero-order valence-corrected chi connectivity index (χ0v) is 65.5. The fourth-order valence-corrected chi connectivity index (χ4v) is 11.8. The number of hydrogen-bond acceptors (Lipinski definition) is 15. The molecule has 5 unspecified atom stereocenters. The van der Waals surface area contributed by atoms with Gasteiger partial charge in [-0.25, -0.2) is 9.13 Å². The van der Waals surface area contributed by atoms with Crippen molar-refractivity contribution in [1.82, 2.24) is 0 Å². The molecule has 0 saturated carbocycles. The summed E-state index contributed by atoms with van der Waals surface area (Å²) >= 11 is 0. The Labute approximate surface area is 618 Å². The average Bonchev–Trinajstić information content (AvgIpc) is 0.959. The molecule has 102 heavy (non-hydrogen) atoms. The first-order valence-electron chi connectivity index (χ1n) is 39.4. The standard InChI is InChI=1S/C83H140O17P2/c1-5-9-13-17-21-25-29-33-36-38-41-45-48-52-56-60-64-68-81(86)94-74-79(100-83(88)70-66-62-58-54-50-46-42-39-37-34-30-26-22-18-14-10-6-2)76-98-102(91,92)96-72-77(84)71-95-101(89,90)97-75-78(99-82(87)69-65-61-57-53-49-43-32-28-24-20-16-12-8-4)73-93-80(85)67-63-59-55-51-47-44-40-35-31-27-23-19-15-11-7-3/h9-11,13-16,20-23,25-28,32-37,40,77-79,84H,5-8,12,17-19,24,29-31,38-39,41-76H2,1-4H3,(H,89,90)(H,91,92)/b13-9-,14-10-,15-11-,20-16-,25-21-,26-22-,27-23-,32-28-,36-33-,37-34-,40-35-. The lowest BCUT2D eigenvalue weighted by Gasteiger charge is -2.21. The SMILES string of the molecule is CC/C=C\C/C=C\C/C=C\CCCCCCCCCC(=O)OCC(COP(=O)(O)OCC(O)COP(=O)(O)OCC(COC(=O)CCCCCCC/C=C\C/C=C\C/C=C\CC)OC(=O)CCCCCCC/C=C\C/C=C\CCC)OC(=O)CCCCCCCCC/C=C\C/C=C\C/C=C\CC. The summed E-state index contributed by atoms with van der Waals surface area (Å²) in [4.78, 5) is 73.0. The Morgan fingerprint density at radius 3 is 0.784 bits per heavy atom. The van der Waals surface area contributed by atoms with Gasteiger partial charge in [0.25, 0.3) is 0 Å². The summed E-state index contributed by atoms with van der Waals surface area (Å²) in [6, 6.07) is 0. The Bertz CT molecular complexity index is 2460. The van der Waals surface area contributed by atoms with E-state index in [2.05, 4.69) is 161 Å². The summed E-state index contributed by atoms with van der Waals surface area (Å²) in [7, 11) is -9.97. The monoisotopic (exact) mass is 1470 g/mol. The fraction of sp³-hybridized carbons (Fsp3) is 0.687. The lowest BCUT2D eigenvalue weighted by Crippen LogP contribution is -2.30. The highest BCUT2D eigenvalue weighted by Gasteiger charge is 2.30. The second-order valence-electron chi connectivity index (χ2n) is 25.9. The number of phosphoric acid groups is 2. The van der Waals surface area contributed by atoms with E-state index in [-0.39, 0.29) is 25.7 Å². The zero-order chi connectivity index (χ0) is 74.6. The quantitative estimate of drug-likeness (QED) is 0.0169. The fourth-order valence-electron chi connectivity index (χ4n) is 10.2. The van der Waals surface area contributed by atoms with Gasteiger partial charge >= 0.3 is 39.5 Å². The predicted molar refractivity (Wildman–Crippen MR) is 418 cm³/mol. The van der Waals surface area contributed by atoms with Gasteiger partial charge in [0.1, 0.15) is 19.3 Å². The minimum Gasteiger partial charge on any atom is -0.462 e. The Balaban J connectivity index is 5.39. The van der Waals surface area contributed by atoms with Gasteiger partial charge in [-0.05, 0) is 148 Å². The van der Waals surface area contributed by atoms with Crippen LogP contribution in [-0.2, 0) is 65.4 Å². The first-order valence-corrected chi connectivity index (χ1v) is 42.4. The van der Waals surface area contributed by atoms with E-state index in [1.165, 1.54) is 0 Å². The molecule has 0 aliphatic heterocycles. The molecular formula is C83H140O17P2. The van der Waals surface area contributed by atoms with Gasteiger partial charge in [0.2, 0.25) is 0 Å². The molecule has 0 spiro atoms. The van der Waals surface area contributed by atoms with Crippen LogP contribution in [0.1, 0.15) is 310 Å². The lowest BCUT2D eigenvalue weighted by molar-refractivity contribution is -0.161. The van der Waals surface area contributed by atoms with E-state index in [0.717, 1.165) is 231 Å². The highest BCUT2D eigenvalue weighted by Crippen LogP contribution is 2.45. The van der Waals surface area contributed by atoms with E-state index in [1.807, 2.05) is 0 Å². The maximum atomic E-state index is 13.1. The Morgan fingerprint density at radius 1 is 0.284 bits per heavy atom. The molecule has 0 aromatic heterocycles. The van der Waals surface area contributed by atoms with Crippen molar-refractivity contribution in [3.63, 3.8) is 0 Å². The minimum absolute atomic E-state index is 0.0721. The van der Waals surface area contributed by atoms with Gasteiger partial charge in [-0.15, -0.1) is 0 Å². The molecule has 0 bridgehead atoms. The summed E-state index contributed by atoms with van der Waals surface area (Å²) in [6.07, 6.45) is 82.8. The van der Waals surface area contributed by atoms with Crippen LogP contribution in [0.15, 0.2) is 134 Å². The van der Waals surface area contributed by atoms with Crippen LogP contribution in [-0.4, -0.2) is 96.7 Å². The molecule has 0 saturated heterocycles. The molecule has 0 heterocycles. The molecule has 0 rings (SSSR count). The van der Waals surface area contributed by atoms with Gasteiger partial charge in [0.05, 0.1) is 26.4 Å². The minimum atomic E-state index is -4.99. The van der Waals surface area contributed by atoms with E-state index < -0.39 is 97.5 Å². The van der Waals surface area contributed by atoms with E-state index >= 15 is 0 Å². The molecule has 17 nitrogen and oxygen atoms in total. The van der Waals surface area contributed by atoms with E-state index in [1.54, 1.807) is 0 Å². The second kappa shape index (κ2) is 74.5. The number of unbranched alkanes of at least 4 members (excludes halogenated alkanes) is 25. The van der Waals surface area contributed by atoms with Crippen molar-refractivity contribution in [2.45, 2.75) is 329 Å². The maximum Gasteiger partial charge on any atom is 0.472 e. The highest BCUT2D eigenvalue weighted by molar-refractivity contribution is 7.47. The number of aliphatic hydroxyl groups is 1. The predicted octanol–water partition coefficient (Wildman–Crippen LogP) is 22.9. The van der Waals surface area contributed by atoms with Gasteiger partial charge in [-0.2, -0.15) is 0 Å². The number of esters is 4. The van der Waals surface area contributed by atoms with Gasteiger partial charge in [0.15, 0.2) is 12.2 Å². The van der Waals surface area contributed by atoms with Crippen molar-refractivity contribution >= 4 is 39.5 Å². The molecule has 0 aliphatic carbocycles. The molecule has 0 aromatic rings. The van der Waals surface area contributed by atoms with Crippen LogP contribution in [0.4, 0.5) is 0 Å². The van der Waals surface area contributed by atoms with Crippen LogP contribution in [0.3, 0.4) is 0 Å². The van der Waals surface area contributed by atoms with Crippen molar-refractivity contribution in [2.24, 2.45) is 0 Å². The van der Waals surface area contributed by atoms with Crippen LogP contribution in [0.2, 0.25) is 0 Å². The molecule has 0 amide bonds. The maximum absolute atomic E-state index is 13.1. The molecule has 0 fully saturated rings. The molecule has 5 atom stereocenters. The number of aliphatic hydroxyl groups excluding tert-OH is 1. The number of phosphoric ester groups is 2. The molecule has 0 radical (unpaired) electrons. The van der Waals surface area contributed by atoms with Crippen molar-refractivity contribution in [3.8, 4) is 0 Å². The van der Waals surface area contributed by atoms with Crippen LogP contribution in [0, 0.1) is 0 Å². The third-order valence-corrected chi connectivity index (χ3v) is 18.0. The molecule has 584 valence electrons. The summed E-state index contributed by atoms with van der Waals surface area (Å²) in [5, 5.41) is 10.6. The lowest BCUT2D eigenvalue weighted by atomic mass is 10.1. The van der Waals surface area contributed by atoms with Crippen LogP contribution in [0.25, 0.3) is 0 Å². The van der Waals surface area contributed by atoms with Gasteiger partial charge in [-0.1, -0.05) is 271 Å². The number of hydrogen-bond donors (Lipinski definition) is 3. The largest absolute Gasteiger partial charge is 0.472 e. The molecule has 19 heteroatoms. The average molecular weight is 1470 g/mol. The van der Waals surface area contributed by atoms with Crippen molar-refractivity contribution in [2.75, 3.05) is 39.6 Å². The number of rotatable bonds is 73. The number of ether oxygens (including phenoxy) is 4. The first-order chi connectivity index (χ1) is 49.7. The van der Waals surface area contributed by atoms with Gasteiger partial charge in [-0.3, -0.25) is 37.3 Å². The third-order valence-electron chi connectivity index (χ3n) is 16.1. The molecule has 0 aliphatic rings. The van der Waals surface area contributed by atoms with Crippen molar-refractivity contribution < 1.29 is 80.2 Å². The summed E-state index contributed by atoms with van der Waals surface area (Å²) < 4.78 is 68.6. The van der Waals surface area contributed by atoms with Crippen molar-refractivity contribution in [1.29, 1.82) is 0 Å². The summed E-state index contributed by atoms with van der Waals surface area (Å²) in [5.74, 6) is -2.23. The topological polar surface area (TPSA) is 237 Å². The number of carbonyl (C=O) groups excluding carboxylic acids is 4. The van der Waals surface area contributed by atoms with Crippen LogP contribution >= 0.6 is 15.6 Å². The summed E-state index contributed by atoms with van der Waals surface area (Å²) in [5.41, 5.74) is 0. The Kier molecular flexibility index (Phi) is 71.0. The first kappa shape index (κ1) is 97.2. The van der Waals surface area contributed by atoms with Crippen LogP contribution < -0.4 is 0 Å². The smallest absolute Gasteiger partial charge is 0.462 e. The third kappa shape index (κ3) is 73.5. The van der Waals surface area contributed by atoms with Gasteiger partial charge in [0, 0.05) is 25.7 Å². The highest BCUT2D eigenvalue weighted by atomic mass is 31.2. The normalized spacial score (nSPS) is 14.6. The Hall–Kier alpha value is -4.80. The number of allylic oxidation sites excluding steroid dienone is 22.